The van der Waals surface area contributed by atoms with Crippen molar-refractivity contribution in [3.63, 3.8) is 0 Å². The minimum absolute atomic E-state index is 0.00954. The highest BCUT2D eigenvalue weighted by Crippen LogP contribution is 2.35. The molecule has 0 spiro atoms. The van der Waals surface area contributed by atoms with Crippen LogP contribution in [-0.2, 0) is 0 Å². The Balaban J connectivity index is 2.36. The standard InChI is InChI=1S/C11H12ClN3O3/c1-11(2-3-11)14-10(16)7-4-6(15(17)18)5-8(12)9(7)13/h4-5H,2-3,13H2,1H3,(H,14,16). The molecule has 0 unspecified atom stereocenters. The predicted molar refractivity (Wildman–Crippen MR) is 67.6 cm³/mol. The van der Waals surface area contributed by atoms with Gasteiger partial charge in [-0.3, -0.25) is 14.9 Å². The number of hydrogen-bond donors (Lipinski definition) is 2. The first-order valence-corrected chi connectivity index (χ1v) is 5.76. The lowest BCUT2D eigenvalue weighted by Crippen LogP contribution is -2.34. The van der Waals surface area contributed by atoms with Crippen molar-refractivity contribution in [2.75, 3.05) is 5.73 Å². The second-order valence-electron chi connectivity index (χ2n) is 4.66. The Kier molecular flexibility index (Phi) is 2.90. The van der Waals surface area contributed by atoms with E-state index in [-0.39, 0.29) is 27.5 Å². The van der Waals surface area contributed by atoms with E-state index in [2.05, 4.69) is 5.32 Å². The molecule has 0 radical (unpaired) electrons. The zero-order valence-electron chi connectivity index (χ0n) is 9.70. The number of amides is 1. The summed E-state index contributed by atoms with van der Waals surface area (Å²) in [5.41, 5.74) is 5.31. The van der Waals surface area contributed by atoms with Crippen LogP contribution in [0.2, 0.25) is 5.02 Å². The van der Waals surface area contributed by atoms with Gasteiger partial charge in [-0.15, -0.1) is 0 Å². The van der Waals surface area contributed by atoms with E-state index in [1.54, 1.807) is 0 Å². The van der Waals surface area contributed by atoms with Crippen molar-refractivity contribution in [1.29, 1.82) is 0 Å². The fraction of sp³-hybridized carbons (Fsp3) is 0.364. The topological polar surface area (TPSA) is 98.3 Å². The molecular formula is C11H12ClN3O3. The van der Waals surface area contributed by atoms with Crippen LogP contribution in [-0.4, -0.2) is 16.4 Å². The Morgan fingerprint density at radius 2 is 2.17 bits per heavy atom. The first kappa shape index (κ1) is 12.6. The van der Waals surface area contributed by atoms with Crippen LogP contribution in [0.3, 0.4) is 0 Å². The number of hydrogen-bond acceptors (Lipinski definition) is 4. The Bertz CT molecular complexity index is 541. The van der Waals surface area contributed by atoms with Gasteiger partial charge in [0.25, 0.3) is 11.6 Å². The van der Waals surface area contributed by atoms with Crippen LogP contribution in [0, 0.1) is 10.1 Å². The molecule has 1 aromatic carbocycles. The number of carbonyl (C=O) groups is 1. The number of non-ortho nitro benzene ring substituents is 1. The highest BCUT2D eigenvalue weighted by atomic mass is 35.5. The summed E-state index contributed by atoms with van der Waals surface area (Å²) >= 11 is 5.78. The molecule has 0 aromatic heterocycles. The van der Waals surface area contributed by atoms with Gasteiger partial charge in [-0.1, -0.05) is 11.6 Å². The van der Waals surface area contributed by atoms with Crippen molar-refractivity contribution in [3.8, 4) is 0 Å². The Morgan fingerprint density at radius 3 is 2.67 bits per heavy atom. The van der Waals surface area contributed by atoms with Crippen LogP contribution in [0.15, 0.2) is 12.1 Å². The third kappa shape index (κ3) is 2.38. The van der Waals surface area contributed by atoms with Crippen LogP contribution >= 0.6 is 11.6 Å². The summed E-state index contributed by atoms with van der Waals surface area (Å²) in [6, 6.07) is 2.27. The second-order valence-corrected chi connectivity index (χ2v) is 5.07. The van der Waals surface area contributed by atoms with Gasteiger partial charge in [0.15, 0.2) is 0 Å². The first-order chi connectivity index (χ1) is 8.32. The van der Waals surface area contributed by atoms with Crippen molar-refractivity contribution in [1.82, 2.24) is 5.32 Å². The number of nitrogen functional groups attached to an aromatic ring is 1. The summed E-state index contributed by atoms with van der Waals surface area (Å²) in [6.45, 7) is 1.90. The maximum Gasteiger partial charge on any atom is 0.271 e. The first-order valence-electron chi connectivity index (χ1n) is 5.38. The number of nitrogens with one attached hydrogen (secondary N) is 1. The molecule has 1 aromatic rings. The van der Waals surface area contributed by atoms with Gasteiger partial charge in [0.2, 0.25) is 0 Å². The van der Waals surface area contributed by atoms with E-state index in [0.29, 0.717) is 0 Å². The number of anilines is 1. The smallest absolute Gasteiger partial charge is 0.271 e. The summed E-state index contributed by atoms with van der Waals surface area (Å²) in [5, 5.41) is 13.5. The van der Waals surface area contributed by atoms with Crippen LogP contribution < -0.4 is 11.1 Å². The Hall–Kier alpha value is -1.82. The second kappa shape index (κ2) is 4.13. The van der Waals surface area contributed by atoms with Crippen molar-refractivity contribution in [3.05, 3.63) is 32.8 Å². The van der Waals surface area contributed by atoms with Gasteiger partial charge >= 0.3 is 0 Å². The van der Waals surface area contributed by atoms with E-state index in [0.717, 1.165) is 25.0 Å². The van der Waals surface area contributed by atoms with Crippen molar-refractivity contribution >= 4 is 28.9 Å². The highest BCUT2D eigenvalue weighted by Gasteiger charge is 2.39. The molecule has 2 rings (SSSR count). The molecule has 7 heteroatoms. The minimum atomic E-state index is -0.610. The van der Waals surface area contributed by atoms with Gasteiger partial charge < -0.3 is 11.1 Å². The highest BCUT2D eigenvalue weighted by molar-refractivity contribution is 6.34. The molecular weight excluding hydrogens is 258 g/mol. The van der Waals surface area contributed by atoms with Crippen LogP contribution in [0.4, 0.5) is 11.4 Å². The van der Waals surface area contributed by atoms with Crippen LogP contribution in [0.1, 0.15) is 30.1 Å². The number of rotatable bonds is 3. The number of nitro groups is 1. The quantitative estimate of drug-likeness (QED) is 0.499. The fourth-order valence-corrected chi connectivity index (χ4v) is 1.76. The molecule has 1 aliphatic rings. The predicted octanol–water partition coefficient (Wildman–Crippen LogP) is 2.11. The fourth-order valence-electron chi connectivity index (χ4n) is 1.55. The third-order valence-electron chi connectivity index (χ3n) is 2.99. The average Bonchev–Trinajstić information content (AvgIpc) is 2.99. The molecule has 0 atom stereocenters. The van der Waals surface area contributed by atoms with E-state index >= 15 is 0 Å². The lowest BCUT2D eigenvalue weighted by Gasteiger charge is -2.13. The van der Waals surface area contributed by atoms with Crippen LogP contribution in [0.5, 0.6) is 0 Å². The Labute approximate surface area is 108 Å². The van der Waals surface area contributed by atoms with E-state index in [1.165, 1.54) is 0 Å². The summed E-state index contributed by atoms with van der Waals surface area (Å²) in [4.78, 5) is 22.1. The van der Waals surface area contributed by atoms with E-state index in [1.807, 2.05) is 6.92 Å². The lowest BCUT2D eigenvalue weighted by atomic mass is 10.1. The molecule has 0 bridgehead atoms. The van der Waals surface area contributed by atoms with Gasteiger partial charge in [0.1, 0.15) is 0 Å². The number of carbonyl (C=O) groups excluding carboxylic acids is 1. The molecule has 1 amide bonds. The number of nitrogens with zero attached hydrogens (tertiary/aromatic N) is 1. The molecule has 1 aliphatic carbocycles. The summed E-state index contributed by atoms with van der Waals surface area (Å²) in [7, 11) is 0. The van der Waals surface area contributed by atoms with Gasteiger partial charge in [0.05, 0.1) is 21.2 Å². The van der Waals surface area contributed by atoms with Gasteiger partial charge in [-0.25, -0.2) is 0 Å². The average molecular weight is 270 g/mol. The van der Waals surface area contributed by atoms with Crippen molar-refractivity contribution in [2.45, 2.75) is 25.3 Å². The Morgan fingerprint density at radius 1 is 1.56 bits per heavy atom. The van der Waals surface area contributed by atoms with Crippen LogP contribution in [0.25, 0.3) is 0 Å². The lowest BCUT2D eigenvalue weighted by molar-refractivity contribution is -0.384. The summed E-state index contributed by atoms with van der Waals surface area (Å²) < 4.78 is 0. The molecule has 1 saturated carbocycles. The molecule has 3 N–H and O–H groups in total. The maximum atomic E-state index is 12.0. The number of nitrogens with two attached hydrogens (primary N) is 1. The van der Waals surface area contributed by atoms with Gasteiger partial charge in [-0.05, 0) is 19.8 Å². The normalized spacial score (nSPS) is 16.1. The number of nitro benzene ring substituents is 1. The van der Waals surface area contributed by atoms with Gasteiger partial charge in [0, 0.05) is 17.7 Å². The van der Waals surface area contributed by atoms with E-state index in [4.69, 9.17) is 17.3 Å². The van der Waals surface area contributed by atoms with Gasteiger partial charge in [-0.2, -0.15) is 0 Å². The molecule has 6 nitrogen and oxygen atoms in total. The molecule has 1 fully saturated rings. The SMILES string of the molecule is CC1(NC(=O)c2cc([N+](=O)[O-])cc(Cl)c2N)CC1. The maximum absolute atomic E-state index is 12.0. The molecule has 0 aliphatic heterocycles. The zero-order chi connectivity index (χ0) is 13.5. The van der Waals surface area contributed by atoms with Crippen molar-refractivity contribution in [2.24, 2.45) is 0 Å². The summed E-state index contributed by atoms with van der Waals surface area (Å²) in [5.74, 6) is -0.432. The minimum Gasteiger partial charge on any atom is -0.397 e. The largest absolute Gasteiger partial charge is 0.397 e. The third-order valence-corrected chi connectivity index (χ3v) is 3.30. The number of benzene rings is 1. The summed E-state index contributed by atoms with van der Waals surface area (Å²) in [6.07, 6.45) is 1.78. The van der Waals surface area contributed by atoms with E-state index in [9.17, 15) is 14.9 Å². The molecule has 0 saturated heterocycles. The molecule has 96 valence electrons. The molecule has 18 heavy (non-hydrogen) atoms. The number of halogens is 1. The van der Waals surface area contributed by atoms with Crippen molar-refractivity contribution < 1.29 is 9.72 Å². The molecule has 0 heterocycles. The monoisotopic (exact) mass is 269 g/mol. The van der Waals surface area contributed by atoms with E-state index < -0.39 is 10.8 Å². The zero-order valence-corrected chi connectivity index (χ0v) is 10.5.